The van der Waals surface area contributed by atoms with Gasteiger partial charge in [0.1, 0.15) is 15.6 Å². The van der Waals surface area contributed by atoms with Crippen molar-refractivity contribution >= 4 is 27.3 Å². The number of aromatic carboxylic acids is 1. The monoisotopic (exact) mass is 315 g/mol. The lowest BCUT2D eigenvalue weighted by Gasteiger charge is -2.05. The largest absolute Gasteiger partial charge is 0.477 e. The summed E-state index contributed by atoms with van der Waals surface area (Å²) in [5.41, 5.74) is 0. The van der Waals surface area contributed by atoms with Crippen LogP contribution in [0.5, 0.6) is 0 Å². The number of H-pyrrole nitrogens is 1. The van der Waals surface area contributed by atoms with Crippen molar-refractivity contribution < 1.29 is 18.3 Å². The van der Waals surface area contributed by atoms with Crippen LogP contribution in [0.4, 0.5) is 0 Å². The summed E-state index contributed by atoms with van der Waals surface area (Å²) in [5, 5.41) is 10.4. The van der Waals surface area contributed by atoms with Gasteiger partial charge in [0.2, 0.25) is 10.0 Å². The van der Waals surface area contributed by atoms with E-state index in [1.54, 1.807) is 12.4 Å². The SMILES string of the molecule is O=C(O)c1sccc1S(=O)(=O)NCCCc1ncc[nH]1. The van der Waals surface area contributed by atoms with Crippen molar-refractivity contribution in [2.24, 2.45) is 0 Å². The molecule has 0 aliphatic heterocycles. The highest BCUT2D eigenvalue weighted by Crippen LogP contribution is 2.21. The van der Waals surface area contributed by atoms with E-state index >= 15 is 0 Å². The van der Waals surface area contributed by atoms with Crippen molar-refractivity contribution in [1.82, 2.24) is 14.7 Å². The Morgan fingerprint density at radius 2 is 2.30 bits per heavy atom. The van der Waals surface area contributed by atoms with Crippen LogP contribution in [0.25, 0.3) is 0 Å². The molecule has 2 rings (SSSR count). The molecular weight excluding hydrogens is 302 g/mol. The van der Waals surface area contributed by atoms with Gasteiger partial charge in [-0.05, 0) is 17.9 Å². The lowest BCUT2D eigenvalue weighted by atomic mass is 10.3. The van der Waals surface area contributed by atoms with E-state index in [2.05, 4.69) is 14.7 Å². The highest BCUT2D eigenvalue weighted by molar-refractivity contribution is 7.89. The first-order valence-corrected chi connectivity index (χ1v) is 8.15. The minimum absolute atomic E-state index is 0.177. The first-order chi connectivity index (χ1) is 9.50. The van der Waals surface area contributed by atoms with Gasteiger partial charge in [-0.15, -0.1) is 11.3 Å². The quantitative estimate of drug-likeness (QED) is 0.662. The molecule has 0 saturated carbocycles. The summed E-state index contributed by atoms with van der Waals surface area (Å²) in [5.74, 6) is -0.457. The molecule has 0 aliphatic carbocycles. The maximum absolute atomic E-state index is 12.0. The van der Waals surface area contributed by atoms with Gasteiger partial charge >= 0.3 is 5.97 Å². The Labute approximate surface area is 119 Å². The molecule has 0 aliphatic rings. The number of sulfonamides is 1. The molecule has 0 bridgehead atoms. The van der Waals surface area contributed by atoms with Gasteiger partial charge in [0.25, 0.3) is 0 Å². The molecule has 2 aromatic heterocycles. The van der Waals surface area contributed by atoms with Gasteiger partial charge in [-0.2, -0.15) is 0 Å². The van der Waals surface area contributed by atoms with Crippen molar-refractivity contribution in [3.63, 3.8) is 0 Å². The summed E-state index contributed by atoms with van der Waals surface area (Å²) < 4.78 is 26.4. The van der Waals surface area contributed by atoms with Crippen LogP contribution in [0.3, 0.4) is 0 Å². The third-order valence-corrected chi connectivity index (χ3v) is 5.09. The molecule has 0 fully saturated rings. The second kappa shape index (κ2) is 6.16. The third kappa shape index (κ3) is 3.44. The van der Waals surface area contributed by atoms with Gasteiger partial charge in [0, 0.05) is 25.4 Å². The van der Waals surface area contributed by atoms with Crippen molar-refractivity contribution in [3.8, 4) is 0 Å². The van der Waals surface area contributed by atoms with E-state index in [4.69, 9.17) is 5.11 Å². The van der Waals surface area contributed by atoms with E-state index < -0.39 is 16.0 Å². The van der Waals surface area contributed by atoms with E-state index in [1.807, 2.05) is 0 Å². The second-order valence-electron chi connectivity index (χ2n) is 3.96. The van der Waals surface area contributed by atoms with Crippen LogP contribution in [0.2, 0.25) is 0 Å². The first-order valence-electron chi connectivity index (χ1n) is 5.79. The molecule has 0 spiro atoms. The Morgan fingerprint density at radius 1 is 1.50 bits per heavy atom. The molecule has 0 aromatic carbocycles. The Hall–Kier alpha value is -1.71. The minimum Gasteiger partial charge on any atom is -0.477 e. The average Bonchev–Trinajstić information content (AvgIpc) is 3.05. The number of hydrogen-bond acceptors (Lipinski definition) is 5. The van der Waals surface area contributed by atoms with Gasteiger partial charge in [-0.3, -0.25) is 0 Å². The third-order valence-electron chi connectivity index (χ3n) is 2.55. The number of rotatable bonds is 7. The van der Waals surface area contributed by atoms with Crippen LogP contribution in [0, 0.1) is 0 Å². The number of carboxylic acid groups (broad SMARTS) is 1. The highest BCUT2D eigenvalue weighted by atomic mass is 32.2. The van der Waals surface area contributed by atoms with Gasteiger partial charge in [0.05, 0.1) is 0 Å². The smallest absolute Gasteiger partial charge is 0.347 e. The summed E-state index contributed by atoms with van der Waals surface area (Å²) in [6.45, 7) is 0.220. The van der Waals surface area contributed by atoms with E-state index in [0.717, 1.165) is 17.2 Å². The van der Waals surface area contributed by atoms with Gasteiger partial charge < -0.3 is 10.1 Å². The topological polar surface area (TPSA) is 112 Å². The number of imidazole rings is 1. The van der Waals surface area contributed by atoms with Crippen LogP contribution in [0.15, 0.2) is 28.7 Å². The molecule has 3 N–H and O–H groups in total. The predicted molar refractivity (Wildman–Crippen MR) is 73.4 cm³/mol. The predicted octanol–water partition coefficient (Wildman–Crippen LogP) is 1.08. The Bertz CT molecular complexity index is 676. The summed E-state index contributed by atoms with van der Waals surface area (Å²) >= 11 is 0.888. The molecule has 0 unspecified atom stereocenters. The maximum Gasteiger partial charge on any atom is 0.347 e. The van der Waals surface area contributed by atoms with E-state index in [0.29, 0.717) is 12.8 Å². The van der Waals surface area contributed by atoms with Crippen LogP contribution in [-0.4, -0.2) is 36.0 Å². The number of nitrogens with one attached hydrogen (secondary N) is 2. The fraction of sp³-hybridized carbons (Fsp3) is 0.273. The zero-order valence-corrected chi connectivity index (χ0v) is 12.0. The zero-order chi connectivity index (χ0) is 14.6. The van der Waals surface area contributed by atoms with Gasteiger partial charge in [-0.25, -0.2) is 22.9 Å². The fourth-order valence-electron chi connectivity index (χ4n) is 1.64. The summed E-state index contributed by atoms with van der Waals surface area (Å²) in [7, 11) is -3.78. The molecule has 0 amide bonds. The molecule has 9 heteroatoms. The van der Waals surface area contributed by atoms with Gasteiger partial charge in [0.15, 0.2) is 0 Å². The zero-order valence-electron chi connectivity index (χ0n) is 10.4. The minimum atomic E-state index is -3.78. The molecule has 7 nitrogen and oxygen atoms in total. The first kappa shape index (κ1) is 14.7. The Balaban J connectivity index is 1.94. The van der Waals surface area contributed by atoms with Crippen molar-refractivity contribution in [1.29, 1.82) is 0 Å². The fourth-order valence-corrected chi connectivity index (χ4v) is 3.97. The molecule has 0 atom stereocenters. The number of carbonyl (C=O) groups is 1. The summed E-state index contributed by atoms with van der Waals surface area (Å²) in [6, 6.07) is 1.29. The Kier molecular flexibility index (Phi) is 4.53. The van der Waals surface area contributed by atoms with Crippen molar-refractivity contribution in [2.75, 3.05) is 6.54 Å². The average molecular weight is 315 g/mol. The number of aryl methyl sites for hydroxylation is 1. The standard InChI is InChI=1S/C11H13N3O4S2/c15-11(16)10-8(3-7-19-10)20(17,18)14-4-1-2-9-12-5-6-13-9/h3,5-7,14H,1-2,4H2,(H,12,13)(H,15,16). The molecule has 2 heterocycles. The molecule has 0 radical (unpaired) electrons. The van der Waals surface area contributed by atoms with Crippen LogP contribution < -0.4 is 4.72 Å². The maximum atomic E-state index is 12.0. The van der Waals surface area contributed by atoms with Crippen molar-refractivity contribution in [3.05, 3.63) is 34.5 Å². The Morgan fingerprint density at radius 3 is 2.95 bits per heavy atom. The number of aromatic amines is 1. The lowest BCUT2D eigenvalue weighted by Crippen LogP contribution is -2.26. The molecule has 0 saturated heterocycles. The van der Waals surface area contributed by atoms with Crippen LogP contribution in [-0.2, 0) is 16.4 Å². The second-order valence-corrected chi connectivity index (χ2v) is 6.61. The van der Waals surface area contributed by atoms with Gasteiger partial charge in [-0.1, -0.05) is 0 Å². The van der Waals surface area contributed by atoms with Crippen LogP contribution in [0.1, 0.15) is 21.9 Å². The van der Waals surface area contributed by atoms with Crippen LogP contribution >= 0.6 is 11.3 Å². The van der Waals surface area contributed by atoms with E-state index in [9.17, 15) is 13.2 Å². The number of carboxylic acids is 1. The molecule has 108 valence electrons. The number of aromatic nitrogens is 2. The molecule has 2 aromatic rings. The van der Waals surface area contributed by atoms with Crippen molar-refractivity contribution in [2.45, 2.75) is 17.7 Å². The van der Waals surface area contributed by atoms with E-state index in [1.165, 1.54) is 11.4 Å². The van der Waals surface area contributed by atoms with E-state index in [-0.39, 0.29) is 16.3 Å². The molecule has 20 heavy (non-hydrogen) atoms. The highest BCUT2D eigenvalue weighted by Gasteiger charge is 2.23. The number of nitrogens with zero attached hydrogens (tertiary/aromatic N) is 1. The normalized spacial score (nSPS) is 11.6. The molecular formula is C11H13N3O4S2. The summed E-state index contributed by atoms with van der Waals surface area (Å²) in [4.78, 5) is 17.5. The lowest BCUT2D eigenvalue weighted by molar-refractivity contribution is 0.0698. The summed E-state index contributed by atoms with van der Waals surface area (Å²) in [6.07, 6.45) is 4.51. The number of thiophene rings is 1. The number of hydrogen-bond donors (Lipinski definition) is 3.